The lowest BCUT2D eigenvalue weighted by Crippen LogP contribution is -2.34. The number of hydrogen-bond acceptors (Lipinski definition) is 3. The maximum Gasteiger partial charge on any atom is 0.244 e. The summed E-state index contributed by atoms with van der Waals surface area (Å²) >= 11 is 0. The molecule has 0 saturated carbocycles. The third-order valence-corrected chi connectivity index (χ3v) is 3.61. The number of amides is 1. The van der Waals surface area contributed by atoms with E-state index in [1.807, 2.05) is 30.3 Å². The number of carbonyl (C=O) groups excluding carboxylic acids is 1. The average molecular weight is 309 g/mol. The van der Waals surface area contributed by atoms with Crippen molar-refractivity contribution in [3.8, 4) is 0 Å². The van der Waals surface area contributed by atoms with E-state index in [4.69, 9.17) is 0 Å². The van der Waals surface area contributed by atoms with Gasteiger partial charge in [-0.3, -0.25) is 9.78 Å². The predicted molar refractivity (Wildman–Crippen MR) is 95.3 cm³/mol. The van der Waals surface area contributed by atoms with E-state index in [0.29, 0.717) is 6.54 Å². The molecule has 4 nitrogen and oxygen atoms in total. The van der Waals surface area contributed by atoms with Crippen molar-refractivity contribution in [3.63, 3.8) is 0 Å². The van der Waals surface area contributed by atoms with Crippen LogP contribution < -0.4 is 10.2 Å². The smallest absolute Gasteiger partial charge is 0.244 e. The number of aromatic nitrogens is 1. The van der Waals surface area contributed by atoms with Crippen molar-refractivity contribution in [1.29, 1.82) is 0 Å². The van der Waals surface area contributed by atoms with Gasteiger partial charge in [0, 0.05) is 37.6 Å². The van der Waals surface area contributed by atoms with Crippen LogP contribution in [0.5, 0.6) is 0 Å². The van der Waals surface area contributed by atoms with Gasteiger partial charge in [-0.25, -0.2) is 0 Å². The van der Waals surface area contributed by atoms with E-state index in [-0.39, 0.29) is 5.91 Å². The Balaban J connectivity index is 1.82. The molecule has 0 radical (unpaired) electrons. The molecule has 0 saturated heterocycles. The van der Waals surface area contributed by atoms with Gasteiger partial charge in [0.2, 0.25) is 5.91 Å². The number of rotatable bonds is 7. The monoisotopic (exact) mass is 309 g/mol. The minimum absolute atomic E-state index is 0.100. The van der Waals surface area contributed by atoms with E-state index in [9.17, 15) is 4.79 Å². The highest BCUT2D eigenvalue weighted by atomic mass is 16.1. The lowest BCUT2D eigenvalue weighted by atomic mass is 10.2. The van der Waals surface area contributed by atoms with E-state index >= 15 is 0 Å². The highest BCUT2D eigenvalue weighted by Crippen LogP contribution is 2.18. The third kappa shape index (κ3) is 5.25. The van der Waals surface area contributed by atoms with Crippen molar-refractivity contribution >= 4 is 17.7 Å². The van der Waals surface area contributed by atoms with Crippen LogP contribution in [0.3, 0.4) is 0 Å². The molecule has 4 heteroatoms. The van der Waals surface area contributed by atoms with Gasteiger partial charge >= 0.3 is 0 Å². The Morgan fingerprint density at radius 3 is 2.70 bits per heavy atom. The van der Waals surface area contributed by atoms with Gasteiger partial charge in [-0.1, -0.05) is 24.3 Å². The number of aryl methyl sites for hydroxylation is 1. The van der Waals surface area contributed by atoms with E-state index in [1.54, 1.807) is 12.3 Å². The van der Waals surface area contributed by atoms with Crippen molar-refractivity contribution in [2.45, 2.75) is 13.8 Å². The number of pyridine rings is 1. The minimum Gasteiger partial charge on any atom is -0.370 e. The van der Waals surface area contributed by atoms with Crippen molar-refractivity contribution in [1.82, 2.24) is 10.3 Å². The number of nitrogens with zero attached hydrogens (tertiary/aromatic N) is 2. The molecule has 0 aliphatic carbocycles. The Kier molecular flexibility index (Phi) is 6.36. The topological polar surface area (TPSA) is 45.2 Å². The first kappa shape index (κ1) is 16.7. The Morgan fingerprint density at radius 1 is 1.22 bits per heavy atom. The van der Waals surface area contributed by atoms with E-state index < -0.39 is 0 Å². The molecule has 0 aliphatic rings. The molecule has 23 heavy (non-hydrogen) atoms. The van der Waals surface area contributed by atoms with Crippen LogP contribution in [0.2, 0.25) is 0 Å². The maximum atomic E-state index is 11.8. The number of likely N-dealkylation sites (N-methyl/N-ethyl adjacent to an activating group) is 1. The van der Waals surface area contributed by atoms with Gasteiger partial charge in [-0.05, 0) is 43.7 Å². The van der Waals surface area contributed by atoms with Gasteiger partial charge in [0.15, 0.2) is 0 Å². The molecule has 0 unspecified atom stereocenters. The number of para-hydroxylation sites is 1. The molecular weight excluding hydrogens is 286 g/mol. The molecule has 0 spiro atoms. The van der Waals surface area contributed by atoms with Gasteiger partial charge < -0.3 is 10.2 Å². The maximum absolute atomic E-state index is 11.8. The molecule has 1 aromatic carbocycles. The molecular formula is C19H23N3O. The molecule has 1 N–H and O–H groups in total. The number of carbonyl (C=O) groups is 1. The van der Waals surface area contributed by atoms with Gasteiger partial charge in [-0.15, -0.1) is 0 Å². The lowest BCUT2D eigenvalue weighted by Gasteiger charge is -2.24. The first-order valence-corrected chi connectivity index (χ1v) is 7.88. The van der Waals surface area contributed by atoms with Crippen LogP contribution in [0.4, 0.5) is 5.69 Å². The quantitative estimate of drug-likeness (QED) is 0.800. The molecule has 0 atom stereocenters. The zero-order valence-corrected chi connectivity index (χ0v) is 13.7. The van der Waals surface area contributed by atoms with Crippen molar-refractivity contribution in [2.75, 3.05) is 24.5 Å². The summed E-state index contributed by atoms with van der Waals surface area (Å²) in [5.41, 5.74) is 3.24. The summed E-state index contributed by atoms with van der Waals surface area (Å²) in [6, 6.07) is 13.9. The zero-order chi connectivity index (χ0) is 16.5. The third-order valence-electron chi connectivity index (χ3n) is 3.61. The number of benzene rings is 1. The molecule has 120 valence electrons. The largest absolute Gasteiger partial charge is 0.370 e. The van der Waals surface area contributed by atoms with Gasteiger partial charge in [0.1, 0.15) is 0 Å². The highest BCUT2D eigenvalue weighted by molar-refractivity contribution is 5.91. The Hall–Kier alpha value is -2.62. The predicted octanol–water partition coefficient (Wildman–Crippen LogP) is 3.05. The van der Waals surface area contributed by atoms with E-state index in [0.717, 1.165) is 18.8 Å². The second-order valence-corrected chi connectivity index (χ2v) is 5.25. The van der Waals surface area contributed by atoms with Crippen molar-refractivity contribution < 1.29 is 4.79 Å². The number of nitrogens with one attached hydrogen (secondary N) is 1. The van der Waals surface area contributed by atoms with Crippen molar-refractivity contribution in [3.05, 3.63) is 66.0 Å². The Bertz CT molecular complexity index is 653. The van der Waals surface area contributed by atoms with Gasteiger partial charge in [0.05, 0.1) is 5.69 Å². The molecule has 0 aliphatic heterocycles. The van der Waals surface area contributed by atoms with Crippen molar-refractivity contribution in [2.24, 2.45) is 0 Å². The van der Waals surface area contributed by atoms with Crippen LogP contribution in [-0.2, 0) is 4.79 Å². The Morgan fingerprint density at radius 2 is 2.00 bits per heavy atom. The zero-order valence-electron chi connectivity index (χ0n) is 13.7. The molecule has 0 bridgehead atoms. The second-order valence-electron chi connectivity index (χ2n) is 5.25. The Labute approximate surface area is 137 Å². The fraction of sp³-hybridized carbons (Fsp3) is 0.263. The summed E-state index contributed by atoms with van der Waals surface area (Å²) in [5, 5.41) is 2.91. The van der Waals surface area contributed by atoms with Crippen LogP contribution in [0.25, 0.3) is 6.08 Å². The lowest BCUT2D eigenvalue weighted by molar-refractivity contribution is -0.116. The average Bonchev–Trinajstić information content (AvgIpc) is 2.59. The molecule has 2 rings (SSSR count). The highest BCUT2D eigenvalue weighted by Gasteiger charge is 2.06. The number of anilines is 1. The fourth-order valence-corrected chi connectivity index (χ4v) is 2.38. The fourth-order valence-electron chi connectivity index (χ4n) is 2.38. The van der Waals surface area contributed by atoms with Gasteiger partial charge in [-0.2, -0.15) is 0 Å². The normalized spacial score (nSPS) is 10.7. The van der Waals surface area contributed by atoms with Crippen LogP contribution in [0.1, 0.15) is 18.2 Å². The minimum atomic E-state index is -0.100. The van der Waals surface area contributed by atoms with Gasteiger partial charge in [0.25, 0.3) is 0 Å². The van der Waals surface area contributed by atoms with Crippen LogP contribution in [-0.4, -0.2) is 30.5 Å². The van der Waals surface area contributed by atoms with Crippen LogP contribution >= 0.6 is 0 Å². The summed E-state index contributed by atoms with van der Waals surface area (Å²) in [6.45, 7) is 6.52. The first-order chi connectivity index (χ1) is 11.2. The first-order valence-electron chi connectivity index (χ1n) is 7.88. The molecule has 0 fully saturated rings. The standard InChI is InChI=1S/C19H23N3O/c1-3-22(18-10-5-4-8-16(18)2)15-14-21-19(23)12-11-17-9-6-7-13-20-17/h4-13H,3,14-15H2,1-2H3,(H,21,23)/b12-11+. The molecule has 1 heterocycles. The van der Waals surface area contributed by atoms with E-state index in [1.165, 1.54) is 17.3 Å². The summed E-state index contributed by atoms with van der Waals surface area (Å²) in [7, 11) is 0. The summed E-state index contributed by atoms with van der Waals surface area (Å²) < 4.78 is 0. The van der Waals surface area contributed by atoms with Crippen LogP contribution in [0.15, 0.2) is 54.7 Å². The SMILES string of the molecule is CCN(CCNC(=O)/C=C/c1ccccn1)c1ccccc1C. The summed E-state index contributed by atoms with van der Waals surface area (Å²) in [4.78, 5) is 18.3. The number of hydrogen-bond donors (Lipinski definition) is 1. The van der Waals surface area contributed by atoms with E-state index in [2.05, 4.69) is 41.2 Å². The molecule has 2 aromatic rings. The summed E-state index contributed by atoms with van der Waals surface area (Å²) in [6.07, 6.45) is 4.94. The molecule has 1 aromatic heterocycles. The van der Waals surface area contributed by atoms with Crippen LogP contribution in [0, 0.1) is 6.92 Å². The second kappa shape index (κ2) is 8.73. The summed E-state index contributed by atoms with van der Waals surface area (Å²) in [5.74, 6) is -0.100. The molecule has 1 amide bonds.